The van der Waals surface area contributed by atoms with Gasteiger partial charge in [0.1, 0.15) is 36.6 Å². The number of ketones is 1. The Bertz CT molecular complexity index is 1950. The number of carbonyl (C=O) groups is 5. The quantitative estimate of drug-likeness (QED) is 0.116. The van der Waals surface area contributed by atoms with E-state index in [1.54, 1.807) is 6.92 Å². The van der Waals surface area contributed by atoms with Gasteiger partial charge in [-0.2, -0.15) is 0 Å². The van der Waals surface area contributed by atoms with Gasteiger partial charge in [-0.25, -0.2) is 0 Å². The van der Waals surface area contributed by atoms with Crippen LogP contribution in [0.15, 0.2) is 22.8 Å². The molecule has 0 bridgehead atoms. The van der Waals surface area contributed by atoms with Crippen LogP contribution in [0.2, 0.25) is 0 Å². The molecule has 65 heavy (non-hydrogen) atoms. The Labute approximate surface area is 375 Å². The minimum absolute atomic E-state index is 0.0619. The van der Waals surface area contributed by atoms with Crippen LogP contribution in [-0.2, 0) is 71.3 Å². The van der Waals surface area contributed by atoms with Gasteiger partial charge in [-0.1, -0.05) is 31.1 Å². The molecule has 4 saturated heterocycles. The molecule has 0 aromatic rings. The lowest BCUT2D eigenvalue weighted by atomic mass is 9.51. The number of ether oxygens (including phenoxy) is 10. The zero-order valence-electron chi connectivity index (χ0n) is 37.6. The Morgan fingerprint density at radius 3 is 2.14 bits per heavy atom. The highest BCUT2D eigenvalue weighted by molar-refractivity contribution is 6.04. The fourth-order valence-electron chi connectivity index (χ4n) is 12.3. The third-order valence-electron chi connectivity index (χ3n) is 15.1. The summed E-state index contributed by atoms with van der Waals surface area (Å²) in [5, 5.41) is 56.3. The van der Waals surface area contributed by atoms with Gasteiger partial charge in [-0.15, -0.1) is 0 Å². The molecule has 1 spiro atoms. The third kappa shape index (κ3) is 8.27. The van der Waals surface area contributed by atoms with E-state index in [-0.39, 0.29) is 43.2 Å². The van der Waals surface area contributed by atoms with Crippen LogP contribution in [0.1, 0.15) is 80.6 Å². The van der Waals surface area contributed by atoms with Crippen molar-refractivity contribution in [3.63, 3.8) is 0 Å². The summed E-state index contributed by atoms with van der Waals surface area (Å²) in [5.74, 6) is -7.34. The lowest BCUT2D eigenvalue weighted by Crippen LogP contribution is -2.64. The normalized spacial score (nSPS) is 46.9. The van der Waals surface area contributed by atoms with Crippen molar-refractivity contribution in [2.75, 3.05) is 19.8 Å². The van der Waals surface area contributed by atoms with Crippen LogP contribution in [0.25, 0.3) is 0 Å². The highest BCUT2D eigenvalue weighted by atomic mass is 16.8. The lowest BCUT2D eigenvalue weighted by molar-refractivity contribution is -0.363. The molecule has 0 amide bonds. The van der Waals surface area contributed by atoms with Crippen molar-refractivity contribution >= 4 is 29.7 Å². The summed E-state index contributed by atoms with van der Waals surface area (Å²) in [6.07, 6.45) is -14.0. The Kier molecular flexibility index (Phi) is 13.5. The number of hydrogen-bond acceptors (Lipinski definition) is 20. The molecule has 20 nitrogen and oxygen atoms in total. The summed E-state index contributed by atoms with van der Waals surface area (Å²) >= 11 is 0. The van der Waals surface area contributed by atoms with E-state index in [2.05, 4.69) is 0 Å². The molecule has 4 heterocycles. The molecule has 0 unspecified atom stereocenters. The van der Waals surface area contributed by atoms with Crippen LogP contribution in [0.3, 0.4) is 0 Å². The van der Waals surface area contributed by atoms with Crippen molar-refractivity contribution in [3.8, 4) is 0 Å². The Morgan fingerprint density at radius 2 is 1.48 bits per heavy atom. The number of fused-ring (bicyclic) bond motifs is 6. The second-order valence-corrected chi connectivity index (χ2v) is 19.2. The number of rotatable bonds is 9. The number of Topliss-reactive ketones (excluding diaryl/α,β-unsaturated/α-hetero) is 1. The second kappa shape index (κ2) is 18.2. The predicted molar refractivity (Wildman–Crippen MR) is 215 cm³/mol. The van der Waals surface area contributed by atoms with Gasteiger partial charge in [0, 0.05) is 62.9 Å². The fraction of sp³-hybridized carbons (Fsp3) is 0.800. The Hall–Kier alpha value is -3.41. The number of esters is 4. The molecule has 20 heteroatoms. The van der Waals surface area contributed by atoms with Crippen LogP contribution >= 0.6 is 0 Å². The molecule has 4 aliphatic heterocycles. The van der Waals surface area contributed by atoms with Crippen LogP contribution in [0.4, 0.5) is 0 Å². The van der Waals surface area contributed by atoms with Crippen molar-refractivity contribution < 1.29 is 96.9 Å². The number of aliphatic hydroxyl groups is 5. The van der Waals surface area contributed by atoms with Crippen molar-refractivity contribution in [1.29, 1.82) is 0 Å². The number of aliphatic hydroxyl groups excluding tert-OH is 5. The zero-order valence-corrected chi connectivity index (χ0v) is 37.6. The molecule has 5 fully saturated rings. The average molecular weight is 923 g/mol. The molecule has 5 N–H and O–H groups in total. The van der Waals surface area contributed by atoms with Gasteiger partial charge in [0.2, 0.25) is 5.79 Å². The van der Waals surface area contributed by atoms with E-state index in [1.165, 1.54) is 13.8 Å². The Morgan fingerprint density at radius 1 is 0.831 bits per heavy atom. The zero-order chi connectivity index (χ0) is 47.0. The van der Waals surface area contributed by atoms with E-state index >= 15 is 0 Å². The molecule has 4 aliphatic carbocycles. The number of carbonyl (C=O) groups excluding carboxylic acids is 5. The van der Waals surface area contributed by atoms with E-state index < -0.39 is 139 Å². The molecule has 362 valence electrons. The molecule has 21 atom stereocenters. The van der Waals surface area contributed by atoms with Crippen LogP contribution in [0.5, 0.6) is 0 Å². The first kappa shape index (κ1) is 48.1. The van der Waals surface area contributed by atoms with Gasteiger partial charge in [0.15, 0.2) is 36.7 Å². The van der Waals surface area contributed by atoms with Gasteiger partial charge < -0.3 is 72.9 Å². The lowest BCUT2D eigenvalue weighted by Gasteiger charge is -2.56. The van der Waals surface area contributed by atoms with Crippen LogP contribution < -0.4 is 0 Å². The molecule has 8 rings (SSSR count). The Balaban J connectivity index is 1.08. The standard InChI is InChI=1S/C45H62O20/c1-17-15-57-45(41(55)35(17)59-19(3)47)28(14-46)32-26-10-11-27-25(31(26)34(54)37(32)65-45)9-8-23-12-24(51)13-30(44(23,27)7)63-42-38(33(53)29(52)16-56-42)64-43-40(62-22(6)50)39(61-21(5)49)36(18(2)58-43)60-20(4)48/h8,17-18,24-25,27-30,32-33,35-43,46,51-53,55H,9-16H2,1-7H3/t17-,18-,24+,25+,27-,28-,29-,30+,32-,33-,35-,36-,37+,38+,39+,40+,41-,42-,43-,44-,45-/m0/s1. The molecule has 0 aromatic heterocycles. The van der Waals surface area contributed by atoms with Gasteiger partial charge in [-0.05, 0) is 44.4 Å². The molecule has 8 aliphatic rings. The second-order valence-electron chi connectivity index (χ2n) is 19.2. The number of allylic oxidation sites excluding steroid dienone is 1. The van der Waals surface area contributed by atoms with Gasteiger partial charge in [0.25, 0.3) is 0 Å². The van der Waals surface area contributed by atoms with E-state index in [0.717, 1.165) is 31.9 Å². The first-order valence-electron chi connectivity index (χ1n) is 22.6. The van der Waals surface area contributed by atoms with E-state index in [4.69, 9.17) is 47.4 Å². The molecular weight excluding hydrogens is 860 g/mol. The van der Waals surface area contributed by atoms with Gasteiger partial charge >= 0.3 is 23.9 Å². The van der Waals surface area contributed by atoms with E-state index in [1.807, 2.05) is 13.0 Å². The minimum atomic E-state index is -1.78. The largest absolute Gasteiger partial charge is 0.459 e. The maximum Gasteiger partial charge on any atom is 0.303 e. The maximum absolute atomic E-state index is 14.7. The summed E-state index contributed by atoms with van der Waals surface area (Å²) in [6.45, 7) is 9.15. The van der Waals surface area contributed by atoms with Crippen molar-refractivity contribution in [1.82, 2.24) is 0 Å². The van der Waals surface area contributed by atoms with Crippen molar-refractivity contribution in [2.24, 2.45) is 35.0 Å². The first-order valence-corrected chi connectivity index (χ1v) is 22.6. The molecular formula is C45H62O20. The topological polar surface area (TPSA) is 279 Å². The van der Waals surface area contributed by atoms with Crippen molar-refractivity contribution in [2.45, 2.75) is 172 Å². The highest BCUT2D eigenvalue weighted by Gasteiger charge is 2.70. The van der Waals surface area contributed by atoms with E-state index in [0.29, 0.717) is 31.3 Å². The summed E-state index contributed by atoms with van der Waals surface area (Å²) in [4.78, 5) is 63.6. The van der Waals surface area contributed by atoms with Crippen LogP contribution in [-0.4, -0.2) is 167 Å². The predicted octanol–water partition coefficient (Wildman–Crippen LogP) is 0.0501. The maximum atomic E-state index is 14.7. The monoisotopic (exact) mass is 922 g/mol. The summed E-state index contributed by atoms with van der Waals surface area (Å²) in [6, 6.07) is 0. The summed E-state index contributed by atoms with van der Waals surface area (Å²) in [5.41, 5.74) is 1.52. The van der Waals surface area contributed by atoms with Crippen molar-refractivity contribution in [3.05, 3.63) is 22.8 Å². The average Bonchev–Trinajstić information content (AvgIpc) is 3.71. The fourth-order valence-corrected chi connectivity index (χ4v) is 12.3. The number of hydrogen-bond donors (Lipinski definition) is 5. The van der Waals surface area contributed by atoms with E-state index in [9.17, 15) is 49.5 Å². The third-order valence-corrected chi connectivity index (χ3v) is 15.1. The first-order chi connectivity index (χ1) is 30.7. The SMILES string of the molecule is CC(=O)O[C@@H]1[C@@H](OC(C)=O)[C@H](C)O[C@@H](O[C@H]2[C@H](O[C@@H]3C[C@H](O)CC4=CC[C@H]5C6=C(CC[C@@H]5[C@]43C)[C@@H]3[C@@H](O[C@@]4(OC[C@H](C)[C@H](OC(C)=O)[C@@H]4O)[C@H]3CO)C6=O)OC[C@H](O)[C@@H]2O)[C@@H]1OC(C)=O. The van der Waals surface area contributed by atoms with Gasteiger partial charge in [0.05, 0.1) is 38.1 Å². The summed E-state index contributed by atoms with van der Waals surface area (Å²) < 4.78 is 59.9. The van der Waals surface area contributed by atoms with Crippen LogP contribution in [0, 0.1) is 35.0 Å². The smallest absolute Gasteiger partial charge is 0.303 e. The molecule has 1 saturated carbocycles. The molecule has 0 radical (unpaired) electrons. The minimum Gasteiger partial charge on any atom is -0.459 e. The summed E-state index contributed by atoms with van der Waals surface area (Å²) in [7, 11) is 0. The van der Waals surface area contributed by atoms with Gasteiger partial charge in [-0.3, -0.25) is 24.0 Å². The molecule has 0 aromatic carbocycles. The highest BCUT2D eigenvalue weighted by Crippen LogP contribution is 2.64.